The van der Waals surface area contributed by atoms with Crippen LogP contribution >= 0.6 is 11.6 Å². The molecule has 1 fully saturated rings. The number of rotatable bonds is 2. The van der Waals surface area contributed by atoms with Crippen LogP contribution in [0.5, 0.6) is 5.75 Å². The Morgan fingerprint density at radius 2 is 2.00 bits per heavy atom. The molecule has 0 saturated heterocycles. The van der Waals surface area contributed by atoms with Crippen molar-refractivity contribution < 1.29 is 4.74 Å². The van der Waals surface area contributed by atoms with Gasteiger partial charge in [0.05, 0.1) is 12.3 Å². The Balaban J connectivity index is 1.89. The molecule has 4 heteroatoms. The van der Waals surface area contributed by atoms with Crippen LogP contribution in [0.15, 0.2) is 18.3 Å². The van der Waals surface area contributed by atoms with Gasteiger partial charge in [0.25, 0.3) is 0 Å². The van der Waals surface area contributed by atoms with E-state index in [0.717, 1.165) is 31.4 Å². The van der Waals surface area contributed by atoms with E-state index in [0.29, 0.717) is 11.2 Å². The zero-order valence-corrected chi connectivity index (χ0v) is 9.28. The fraction of sp³-hybridized carbons (Fsp3) is 0.545. The molecule has 15 heavy (non-hydrogen) atoms. The maximum absolute atomic E-state index is 5.82. The first-order chi connectivity index (χ1) is 7.24. The minimum Gasteiger partial charge on any atom is -0.489 e. The van der Waals surface area contributed by atoms with Gasteiger partial charge in [0.1, 0.15) is 10.9 Å². The molecule has 0 radical (unpaired) electrons. The Morgan fingerprint density at radius 3 is 2.60 bits per heavy atom. The molecule has 1 aromatic heterocycles. The van der Waals surface area contributed by atoms with Crippen LogP contribution in [0.1, 0.15) is 25.7 Å². The van der Waals surface area contributed by atoms with E-state index in [9.17, 15) is 0 Å². The molecule has 1 aliphatic rings. The number of hydrogen-bond acceptors (Lipinski definition) is 3. The van der Waals surface area contributed by atoms with Crippen LogP contribution in [0.25, 0.3) is 0 Å². The monoisotopic (exact) mass is 226 g/mol. The van der Waals surface area contributed by atoms with E-state index in [1.165, 1.54) is 0 Å². The molecular weight excluding hydrogens is 212 g/mol. The van der Waals surface area contributed by atoms with Gasteiger partial charge in [-0.05, 0) is 37.8 Å². The van der Waals surface area contributed by atoms with Gasteiger partial charge in [0.15, 0.2) is 0 Å². The Morgan fingerprint density at radius 1 is 1.27 bits per heavy atom. The van der Waals surface area contributed by atoms with Crippen molar-refractivity contribution in [2.24, 2.45) is 5.73 Å². The van der Waals surface area contributed by atoms with Crippen molar-refractivity contribution in [1.82, 2.24) is 4.98 Å². The number of halogens is 1. The number of nitrogens with zero attached hydrogens (tertiary/aromatic N) is 1. The predicted octanol–water partition coefficient (Wildman–Crippen LogP) is 2.38. The van der Waals surface area contributed by atoms with Crippen LogP contribution in [-0.4, -0.2) is 17.1 Å². The third kappa shape index (κ3) is 3.08. The largest absolute Gasteiger partial charge is 0.489 e. The quantitative estimate of drug-likeness (QED) is 0.788. The van der Waals surface area contributed by atoms with Crippen LogP contribution in [-0.2, 0) is 0 Å². The Kier molecular flexibility index (Phi) is 3.44. The summed E-state index contributed by atoms with van der Waals surface area (Å²) in [4.78, 5) is 3.98. The summed E-state index contributed by atoms with van der Waals surface area (Å²) in [5, 5.41) is 0.494. The number of hydrogen-bond donors (Lipinski definition) is 1. The second kappa shape index (κ2) is 4.81. The lowest BCUT2D eigenvalue weighted by molar-refractivity contribution is 0.146. The van der Waals surface area contributed by atoms with Crippen molar-refractivity contribution in [3.63, 3.8) is 0 Å². The van der Waals surface area contributed by atoms with Gasteiger partial charge in [-0.25, -0.2) is 4.98 Å². The maximum Gasteiger partial charge on any atom is 0.138 e. The van der Waals surface area contributed by atoms with E-state index < -0.39 is 0 Å². The Hall–Kier alpha value is -0.800. The third-order valence-corrected chi connectivity index (χ3v) is 2.95. The SMILES string of the molecule is N[C@H]1CC[C@H](Oc2ccc(Cl)nc2)CC1. The van der Waals surface area contributed by atoms with Crippen LogP contribution in [0.3, 0.4) is 0 Å². The number of aromatic nitrogens is 1. The molecule has 1 heterocycles. The van der Waals surface area contributed by atoms with Gasteiger partial charge in [0.2, 0.25) is 0 Å². The average molecular weight is 227 g/mol. The molecule has 0 aromatic carbocycles. The first-order valence-electron chi connectivity index (χ1n) is 5.28. The molecule has 2 N–H and O–H groups in total. The third-order valence-electron chi connectivity index (χ3n) is 2.72. The molecule has 0 bridgehead atoms. The van der Waals surface area contributed by atoms with Crippen molar-refractivity contribution in [2.45, 2.75) is 37.8 Å². The van der Waals surface area contributed by atoms with E-state index in [1.54, 1.807) is 12.3 Å². The minimum absolute atomic E-state index is 0.285. The molecule has 0 aliphatic heterocycles. The van der Waals surface area contributed by atoms with Gasteiger partial charge in [-0.2, -0.15) is 0 Å². The molecule has 0 spiro atoms. The summed E-state index contributed by atoms with van der Waals surface area (Å²) < 4.78 is 5.78. The summed E-state index contributed by atoms with van der Waals surface area (Å²) in [6.07, 6.45) is 6.11. The van der Waals surface area contributed by atoms with Crippen molar-refractivity contribution in [1.29, 1.82) is 0 Å². The van der Waals surface area contributed by atoms with Crippen LogP contribution in [0.4, 0.5) is 0 Å². The van der Waals surface area contributed by atoms with Crippen molar-refractivity contribution in [3.05, 3.63) is 23.5 Å². The first kappa shape index (κ1) is 10.7. The molecule has 0 unspecified atom stereocenters. The molecule has 3 nitrogen and oxygen atoms in total. The fourth-order valence-corrected chi connectivity index (χ4v) is 1.94. The topological polar surface area (TPSA) is 48.1 Å². The molecule has 0 atom stereocenters. The minimum atomic E-state index is 0.285. The number of pyridine rings is 1. The highest BCUT2D eigenvalue weighted by atomic mass is 35.5. The maximum atomic E-state index is 5.82. The van der Waals surface area contributed by atoms with Crippen molar-refractivity contribution in [3.8, 4) is 5.75 Å². The van der Waals surface area contributed by atoms with E-state index >= 15 is 0 Å². The summed E-state index contributed by atoms with van der Waals surface area (Å²) in [5.41, 5.74) is 5.82. The van der Waals surface area contributed by atoms with Gasteiger partial charge in [-0.3, -0.25) is 0 Å². The van der Waals surface area contributed by atoms with Gasteiger partial charge in [0, 0.05) is 6.04 Å². The zero-order valence-electron chi connectivity index (χ0n) is 8.53. The molecular formula is C11H15ClN2O. The second-order valence-corrected chi connectivity index (χ2v) is 4.36. The highest BCUT2D eigenvalue weighted by Crippen LogP contribution is 2.22. The first-order valence-corrected chi connectivity index (χ1v) is 5.65. The normalized spacial score (nSPS) is 26.3. The molecule has 82 valence electrons. The second-order valence-electron chi connectivity index (χ2n) is 3.97. The summed E-state index contributed by atoms with van der Waals surface area (Å²) in [6.45, 7) is 0. The van der Waals surface area contributed by atoms with E-state index in [2.05, 4.69) is 4.98 Å². The van der Waals surface area contributed by atoms with Crippen molar-refractivity contribution >= 4 is 11.6 Å². The molecule has 0 amide bonds. The standard InChI is InChI=1S/C11H15ClN2O/c12-11-6-5-10(7-14-11)15-9-3-1-8(13)2-4-9/h5-9H,1-4,13H2/t8-,9-. The van der Waals surface area contributed by atoms with Crippen LogP contribution in [0, 0.1) is 0 Å². The molecule has 1 aromatic rings. The smallest absolute Gasteiger partial charge is 0.138 e. The summed E-state index contributed by atoms with van der Waals surface area (Å²) in [7, 11) is 0. The zero-order chi connectivity index (χ0) is 10.7. The predicted molar refractivity (Wildman–Crippen MR) is 60.1 cm³/mol. The molecule has 1 aliphatic carbocycles. The van der Waals surface area contributed by atoms with E-state index in [4.69, 9.17) is 22.1 Å². The average Bonchev–Trinajstić information content (AvgIpc) is 2.25. The van der Waals surface area contributed by atoms with Crippen molar-refractivity contribution in [2.75, 3.05) is 0 Å². The molecule has 1 saturated carbocycles. The van der Waals surface area contributed by atoms with Crippen LogP contribution in [0.2, 0.25) is 5.15 Å². The fourth-order valence-electron chi connectivity index (χ4n) is 1.83. The highest BCUT2D eigenvalue weighted by molar-refractivity contribution is 6.29. The van der Waals surface area contributed by atoms with E-state index in [-0.39, 0.29) is 6.10 Å². The summed E-state index contributed by atoms with van der Waals surface area (Å²) >= 11 is 5.69. The van der Waals surface area contributed by atoms with Gasteiger partial charge < -0.3 is 10.5 Å². The van der Waals surface area contributed by atoms with E-state index in [1.807, 2.05) is 6.07 Å². The Labute approximate surface area is 94.6 Å². The lowest BCUT2D eigenvalue weighted by Gasteiger charge is -2.26. The lowest BCUT2D eigenvalue weighted by atomic mass is 9.94. The van der Waals surface area contributed by atoms with Gasteiger partial charge in [-0.1, -0.05) is 11.6 Å². The van der Waals surface area contributed by atoms with Gasteiger partial charge >= 0.3 is 0 Å². The summed E-state index contributed by atoms with van der Waals surface area (Å²) in [6, 6.07) is 3.95. The lowest BCUT2D eigenvalue weighted by Crippen LogP contribution is -2.31. The van der Waals surface area contributed by atoms with Crippen LogP contribution < -0.4 is 10.5 Å². The van der Waals surface area contributed by atoms with Gasteiger partial charge in [-0.15, -0.1) is 0 Å². The Bertz CT molecular complexity index is 307. The highest BCUT2D eigenvalue weighted by Gasteiger charge is 2.19. The number of nitrogens with two attached hydrogens (primary N) is 1. The number of ether oxygens (including phenoxy) is 1. The molecule has 2 rings (SSSR count). The summed E-state index contributed by atoms with van der Waals surface area (Å²) in [5.74, 6) is 0.792.